The van der Waals surface area contributed by atoms with Gasteiger partial charge in [-0.25, -0.2) is 4.98 Å². The monoisotopic (exact) mass is 278 g/mol. The summed E-state index contributed by atoms with van der Waals surface area (Å²) in [6, 6.07) is 6.44. The van der Waals surface area contributed by atoms with Crippen LogP contribution in [0.2, 0.25) is 0 Å². The van der Waals surface area contributed by atoms with Gasteiger partial charge in [0.2, 0.25) is 0 Å². The van der Waals surface area contributed by atoms with Crippen LogP contribution in [-0.4, -0.2) is 30.0 Å². The van der Waals surface area contributed by atoms with E-state index in [0.29, 0.717) is 13.2 Å². The molecule has 102 valence electrons. The Hall–Kier alpha value is -1.17. The number of aryl methyl sites for hydroxylation is 1. The van der Waals surface area contributed by atoms with Crippen LogP contribution in [0.4, 0.5) is 5.69 Å². The molecule has 5 heteroatoms. The fourth-order valence-electron chi connectivity index (χ4n) is 2.14. The van der Waals surface area contributed by atoms with Crippen LogP contribution in [0.1, 0.15) is 18.9 Å². The van der Waals surface area contributed by atoms with Crippen LogP contribution in [-0.2, 0) is 9.47 Å². The molecule has 0 aliphatic carbocycles. The predicted octanol–water partition coefficient (Wildman–Crippen LogP) is 3.17. The van der Waals surface area contributed by atoms with Crippen LogP contribution < -0.4 is 5.32 Å². The Kier molecular flexibility index (Phi) is 3.20. The standard InChI is InChI=1S/C14H18N2O2S/c1-9-15-12-5-4-10(6-13(12)19-9)16-11-7-17-14(2,3)18-8-11/h4-6,11,16H,7-8H2,1-3H3. The average molecular weight is 278 g/mol. The lowest BCUT2D eigenvalue weighted by molar-refractivity contribution is -0.247. The summed E-state index contributed by atoms with van der Waals surface area (Å²) in [4.78, 5) is 4.46. The maximum Gasteiger partial charge on any atom is 0.162 e. The van der Waals surface area contributed by atoms with Crippen LogP contribution in [0, 0.1) is 6.92 Å². The first-order valence-corrected chi connectivity index (χ1v) is 7.25. The highest BCUT2D eigenvalue weighted by Crippen LogP contribution is 2.26. The molecule has 2 heterocycles. The molecule has 0 amide bonds. The molecule has 2 aromatic rings. The van der Waals surface area contributed by atoms with Crippen LogP contribution in [0.15, 0.2) is 18.2 Å². The fraction of sp³-hybridized carbons (Fsp3) is 0.500. The van der Waals surface area contributed by atoms with E-state index in [1.165, 1.54) is 4.70 Å². The Balaban J connectivity index is 1.71. The number of thiazole rings is 1. The van der Waals surface area contributed by atoms with Crippen molar-refractivity contribution < 1.29 is 9.47 Å². The molecule has 0 spiro atoms. The molecule has 1 saturated heterocycles. The van der Waals surface area contributed by atoms with Crippen LogP contribution in [0.5, 0.6) is 0 Å². The third kappa shape index (κ3) is 2.88. The molecule has 19 heavy (non-hydrogen) atoms. The molecule has 3 rings (SSSR count). The third-order valence-corrected chi connectivity index (χ3v) is 4.06. The lowest BCUT2D eigenvalue weighted by atomic mass is 10.2. The molecule has 0 radical (unpaired) electrons. The normalized spacial score (nSPS) is 19.7. The molecule has 1 fully saturated rings. The van der Waals surface area contributed by atoms with Crippen molar-refractivity contribution in [3.63, 3.8) is 0 Å². The summed E-state index contributed by atoms with van der Waals surface area (Å²) in [5.74, 6) is -0.461. The van der Waals surface area contributed by atoms with Crippen molar-refractivity contribution in [2.45, 2.75) is 32.6 Å². The van der Waals surface area contributed by atoms with Gasteiger partial charge >= 0.3 is 0 Å². The molecule has 1 N–H and O–H groups in total. The van der Waals surface area contributed by atoms with Gasteiger partial charge in [-0.3, -0.25) is 0 Å². The van der Waals surface area contributed by atoms with E-state index in [1.807, 2.05) is 20.8 Å². The van der Waals surface area contributed by atoms with Crippen molar-refractivity contribution in [3.8, 4) is 0 Å². The zero-order valence-corrected chi connectivity index (χ0v) is 12.2. The van der Waals surface area contributed by atoms with Crippen molar-refractivity contribution in [1.29, 1.82) is 0 Å². The Labute approximate surface area is 116 Å². The number of hydrogen-bond acceptors (Lipinski definition) is 5. The van der Waals surface area contributed by atoms with Gasteiger partial charge in [0.1, 0.15) is 0 Å². The summed E-state index contributed by atoms with van der Waals surface area (Å²) in [6.07, 6.45) is 0. The molecule has 0 unspecified atom stereocenters. The van der Waals surface area contributed by atoms with Crippen molar-refractivity contribution >= 4 is 27.2 Å². The summed E-state index contributed by atoms with van der Waals surface area (Å²) < 4.78 is 12.5. The highest BCUT2D eigenvalue weighted by Gasteiger charge is 2.28. The number of ether oxygens (including phenoxy) is 2. The van der Waals surface area contributed by atoms with Gasteiger partial charge in [-0.2, -0.15) is 0 Å². The third-order valence-electron chi connectivity index (χ3n) is 3.13. The van der Waals surface area contributed by atoms with E-state index < -0.39 is 5.79 Å². The van der Waals surface area contributed by atoms with Crippen molar-refractivity contribution in [2.75, 3.05) is 18.5 Å². The fourth-order valence-corrected chi connectivity index (χ4v) is 3.01. The molecule has 0 atom stereocenters. The predicted molar refractivity (Wildman–Crippen MR) is 77.8 cm³/mol. The van der Waals surface area contributed by atoms with Crippen molar-refractivity contribution in [3.05, 3.63) is 23.2 Å². The summed E-state index contributed by atoms with van der Waals surface area (Å²) in [5.41, 5.74) is 2.15. The van der Waals surface area contributed by atoms with E-state index in [-0.39, 0.29) is 6.04 Å². The second-order valence-corrected chi connectivity index (χ2v) is 6.51. The molecule has 1 aliphatic rings. The molecule has 0 bridgehead atoms. The van der Waals surface area contributed by atoms with E-state index >= 15 is 0 Å². The Morgan fingerprint density at radius 1 is 1.32 bits per heavy atom. The van der Waals surface area contributed by atoms with Gasteiger partial charge in [-0.05, 0) is 39.0 Å². The minimum Gasteiger partial charge on any atom is -0.378 e. The highest BCUT2D eigenvalue weighted by molar-refractivity contribution is 7.18. The number of nitrogens with zero attached hydrogens (tertiary/aromatic N) is 1. The number of anilines is 1. The molecule has 0 saturated carbocycles. The smallest absolute Gasteiger partial charge is 0.162 e. The van der Waals surface area contributed by atoms with Crippen LogP contribution in [0.3, 0.4) is 0 Å². The van der Waals surface area contributed by atoms with Crippen molar-refractivity contribution in [1.82, 2.24) is 4.98 Å². The summed E-state index contributed by atoms with van der Waals surface area (Å²) >= 11 is 1.71. The van der Waals surface area contributed by atoms with E-state index in [4.69, 9.17) is 9.47 Å². The van der Waals surface area contributed by atoms with Gasteiger partial charge in [-0.15, -0.1) is 11.3 Å². The molecule has 4 nitrogen and oxygen atoms in total. The van der Waals surface area contributed by atoms with Gasteiger partial charge in [0.25, 0.3) is 0 Å². The first-order valence-electron chi connectivity index (χ1n) is 6.43. The van der Waals surface area contributed by atoms with E-state index in [9.17, 15) is 0 Å². The Bertz CT molecular complexity index is 584. The second-order valence-electron chi connectivity index (χ2n) is 5.28. The number of nitrogens with one attached hydrogen (secondary N) is 1. The first-order chi connectivity index (χ1) is 9.02. The number of hydrogen-bond donors (Lipinski definition) is 1. The highest BCUT2D eigenvalue weighted by atomic mass is 32.1. The van der Waals surface area contributed by atoms with Crippen molar-refractivity contribution in [2.24, 2.45) is 0 Å². The molecule has 1 aromatic carbocycles. The number of rotatable bonds is 2. The Morgan fingerprint density at radius 3 is 2.79 bits per heavy atom. The maximum atomic E-state index is 5.65. The summed E-state index contributed by atoms with van der Waals surface area (Å²) in [6.45, 7) is 7.23. The van der Waals surface area contributed by atoms with Gasteiger partial charge in [0, 0.05) is 5.69 Å². The quantitative estimate of drug-likeness (QED) is 0.916. The lowest BCUT2D eigenvalue weighted by Crippen LogP contribution is -2.45. The zero-order chi connectivity index (χ0) is 13.5. The molecule has 1 aliphatic heterocycles. The van der Waals surface area contributed by atoms with E-state index in [2.05, 4.69) is 28.5 Å². The minimum atomic E-state index is -0.461. The number of aromatic nitrogens is 1. The largest absolute Gasteiger partial charge is 0.378 e. The Morgan fingerprint density at radius 2 is 2.05 bits per heavy atom. The molecule has 1 aromatic heterocycles. The van der Waals surface area contributed by atoms with Crippen LogP contribution >= 0.6 is 11.3 Å². The SMILES string of the molecule is Cc1nc2ccc(NC3COC(C)(C)OC3)cc2s1. The topological polar surface area (TPSA) is 43.4 Å². The maximum absolute atomic E-state index is 5.65. The molecular weight excluding hydrogens is 260 g/mol. The second kappa shape index (κ2) is 4.74. The van der Waals surface area contributed by atoms with Gasteiger partial charge in [-0.1, -0.05) is 0 Å². The summed E-state index contributed by atoms with van der Waals surface area (Å²) in [5, 5.41) is 4.54. The van der Waals surface area contributed by atoms with Gasteiger partial charge < -0.3 is 14.8 Å². The minimum absolute atomic E-state index is 0.194. The lowest BCUT2D eigenvalue weighted by Gasteiger charge is -2.35. The average Bonchev–Trinajstić information content (AvgIpc) is 2.71. The molecular formula is C14H18N2O2S. The zero-order valence-electron chi connectivity index (χ0n) is 11.4. The van der Waals surface area contributed by atoms with Gasteiger partial charge in [0.05, 0.1) is 34.5 Å². The first kappa shape index (κ1) is 12.8. The van der Waals surface area contributed by atoms with Gasteiger partial charge in [0.15, 0.2) is 5.79 Å². The number of benzene rings is 1. The van der Waals surface area contributed by atoms with E-state index in [0.717, 1.165) is 16.2 Å². The van der Waals surface area contributed by atoms with E-state index in [1.54, 1.807) is 11.3 Å². The van der Waals surface area contributed by atoms with Crippen LogP contribution in [0.25, 0.3) is 10.2 Å². The number of fused-ring (bicyclic) bond motifs is 1. The summed E-state index contributed by atoms with van der Waals surface area (Å²) in [7, 11) is 0.